The number of nitro benzene ring substituents is 1. The van der Waals surface area contributed by atoms with Crippen LogP contribution in [0.3, 0.4) is 0 Å². The van der Waals surface area contributed by atoms with Gasteiger partial charge in [-0.25, -0.2) is 0 Å². The molecule has 1 aromatic rings. The summed E-state index contributed by atoms with van der Waals surface area (Å²) >= 11 is 0. The van der Waals surface area contributed by atoms with Crippen molar-refractivity contribution in [2.24, 2.45) is 0 Å². The van der Waals surface area contributed by atoms with E-state index in [1.165, 1.54) is 26.3 Å². The molecule has 0 amide bonds. The number of rotatable bonds is 4. The summed E-state index contributed by atoms with van der Waals surface area (Å²) in [5.74, 6) is -0.511. The zero-order chi connectivity index (χ0) is 12.3. The van der Waals surface area contributed by atoms with Crippen molar-refractivity contribution in [1.82, 2.24) is 5.06 Å². The first-order valence-electron chi connectivity index (χ1n) is 4.40. The van der Waals surface area contributed by atoms with Crippen LogP contribution in [0, 0.1) is 10.1 Å². The molecule has 0 spiro atoms. The summed E-state index contributed by atoms with van der Waals surface area (Å²) in [5.41, 5.74) is 0.0163. The van der Waals surface area contributed by atoms with E-state index in [9.17, 15) is 15.2 Å². The van der Waals surface area contributed by atoms with Gasteiger partial charge in [0.15, 0.2) is 5.75 Å². The summed E-state index contributed by atoms with van der Waals surface area (Å²) in [6, 6.07) is 2.61. The lowest BCUT2D eigenvalue weighted by atomic mass is 10.1. The second-order valence-corrected chi connectivity index (χ2v) is 3.24. The lowest BCUT2D eigenvalue weighted by molar-refractivity contribution is -0.386. The van der Waals surface area contributed by atoms with E-state index < -0.39 is 16.4 Å². The summed E-state index contributed by atoms with van der Waals surface area (Å²) < 4.78 is 4.80. The van der Waals surface area contributed by atoms with E-state index in [0.717, 1.165) is 5.06 Å². The monoisotopic (exact) mass is 228 g/mol. The van der Waals surface area contributed by atoms with Crippen molar-refractivity contribution in [3.63, 3.8) is 0 Å². The van der Waals surface area contributed by atoms with Crippen molar-refractivity contribution < 1.29 is 20.0 Å². The van der Waals surface area contributed by atoms with E-state index >= 15 is 0 Å². The molecule has 16 heavy (non-hydrogen) atoms. The molecular formula is C9H12N2O5. The summed E-state index contributed by atoms with van der Waals surface area (Å²) in [4.78, 5) is 9.93. The van der Waals surface area contributed by atoms with Gasteiger partial charge in [0.25, 0.3) is 0 Å². The van der Waals surface area contributed by atoms with Gasteiger partial charge in [0.1, 0.15) is 0 Å². The summed E-state index contributed by atoms with van der Waals surface area (Å²) in [7, 11) is 2.70. The highest BCUT2D eigenvalue weighted by atomic mass is 16.6. The van der Waals surface area contributed by atoms with E-state index in [4.69, 9.17) is 9.94 Å². The van der Waals surface area contributed by atoms with Crippen LogP contribution in [0.2, 0.25) is 0 Å². The minimum absolute atomic E-state index is 0.00560. The number of methoxy groups -OCH3 is 1. The van der Waals surface area contributed by atoms with Crippen LogP contribution in [-0.2, 0) is 6.54 Å². The SMILES string of the molecule is COc1cc(CN(C)O)cc([N+](=O)[O-])c1O. The van der Waals surface area contributed by atoms with Gasteiger partial charge in [-0.05, 0) is 11.6 Å². The van der Waals surface area contributed by atoms with Gasteiger partial charge in [0, 0.05) is 19.7 Å². The normalized spacial score (nSPS) is 10.5. The Bertz CT molecular complexity index is 405. The fraction of sp³-hybridized carbons (Fsp3) is 0.333. The average molecular weight is 228 g/mol. The van der Waals surface area contributed by atoms with Crippen LogP contribution in [0.4, 0.5) is 5.69 Å². The number of phenols is 1. The fourth-order valence-electron chi connectivity index (χ4n) is 1.30. The van der Waals surface area contributed by atoms with E-state index in [1.54, 1.807) is 0 Å². The molecule has 0 aliphatic carbocycles. The molecule has 88 valence electrons. The second-order valence-electron chi connectivity index (χ2n) is 3.24. The van der Waals surface area contributed by atoms with Crippen molar-refractivity contribution in [2.45, 2.75) is 6.54 Å². The van der Waals surface area contributed by atoms with Gasteiger partial charge < -0.3 is 15.1 Å². The third kappa shape index (κ3) is 2.59. The first-order chi connectivity index (χ1) is 7.45. The summed E-state index contributed by atoms with van der Waals surface area (Å²) in [6.07, 6.45) is 0. The van der Waals surface area contributed by atoms with Crippen LogP contribution in [-0.4, -0.2) is 34.5 Å². The average Bonchev–Trinajstić information content (AvgIpc) is 2.19. The van der Waals surface area contributed by atoms with E-state index in [-0.39, 0.29) is 12.3 Å². The molecule has 0 aliphatic rings. The molecule has 7 nitrogen and oxygen atoms in total. The fourth-order valence-corrected chi connectivity index (χ4v) is 1.30. The van der Waals surface area contributed by atoms with Gasteiger partial charge in [0.05, 0.1) is 12.0 Å². The molecule has 0 aliphatic heterocycles. The Hall–Kier alpha value is -1.86. The van der Waals surface area contributed by atoms with Crippen molar-refractivity contribution >= 4 is 5.69 Å². The standard InChI is InChI=1S/C9H12N2O5/c1-10(13)5-6-3-7(11(14)15)9(12)8(4-6)16-2/h3-4,12-13H,5H2,1-2H3. The molecular weight excluding hydrogens is 216 g/mol. The van der Waals surface area contributed by atoms with E-state index in [0.29, 0.717) is 5.56 Å². The van der Waals surface area contributed by atoms with Crippen molar-refractivity contribution in [3.05, 3.63) is 27.8 Å². The summed E-state index contributed by atoms with van der Waals surface area (Å²) in [6.45, 7) is 0.0947. The largest absolute Gasteiger partial charge is 0.500 e. The lowest BCUT2D eigenvalue weighted by Crippen LogP contribution is -2.11. The molecule has 0 unspecified atom stereocenters. The summed E-state index contributed by atoms with van der Waals surface area (Å²) in [5, 5.41) is 30.0. The van der Waals surface area contributed by atoms with E-state index in [2.05, 4.69) is 0 Å². The predicted octanol–water partition coefficient (Wildman–Crippen LogP) is 1.13. The third-order valence-electron chi connectivity index (χ3n) is 1.94. The van der Waals surface area contributed by atoms with Gasteiger partial charge in [-0.15, -0.1) is 0 Å². The molecule has 7 heteroatoms. The van der Waals surface area contributed by atoms with E-state index in [1.807, 2.05) is 0 Å². The number of hydrogen-bond acceptors (Lipinski definition) is 6. The molecule has 0 bridgehead atoms. The number of nitrogens with zero attached hydrogens (tertiary/aromatic N) is 2. The second kappa shape index (κ2) is 4.77. The van der Waals surface area contributed by atoms with Gasteiger partial charge in [-0.1, -0.05) is 0 Å². The molecule has 0 heterocycles. The predicted molar refractivity (Wildman–Crippen MR) is 54.6 cm³/mol. The quantitative estimate of drug-likeness (QED) is 0.592. The zero-order valence-electron chi connectivity index (χ0n) is 8.88. The Morgan fingerprint density at radius 2 is 2.19 bits per heavy atom. The van der Waals surface area contributed by atoms with Crippen molar-refractivity contribution in [2.75, 3.05) is 14.2 Å². The van der Waals surface area contributed by atoms with Gasteiger partial charge in [0.2, 0.25) is 5.75 Å². The first-order valence-corrected chi connectivity index (χ1v) is 4.40. The molecule has 0 radical (unpaired) electrons. The number of hydroxylamine groups is 2. The van der Waals surface area contributed by atoms with Crippen LogP contribution >= 0.6 is 0 Å². The smallest absolute Gasteiger partial charge is 0.314 e. The minimum Gasteiger partial charge on any atom is -0.500 e. The maximum absolute atomic E-state index is 10.6. The number of aromatic hydroxyl groups is 1. The van der Waals surface area contributed by atoms with Crippen LogP contribution < -0.4 is 4.74 Å². The van der Waals surface area contributed by atoms with Crippen LogP contribution in [0.15, 0.2) is 12.1 Å². The molecule has 1 rings (SSSR count). The maximum Gasteiger partial charge on any atom is 0.314 e. The molecule has 0 atom stereocenters. The van der Waals surface area contributed by atoms with Gasteiger partial charge in [-0.2, -0.15) is 5.06 Å². The Morgan fingerprint density at radius 3 is 2.62 bits per heavy atom. The van der Waals surface area contributed by atoms with Crippen LogP contribution in [0.25, 0.3) is 0 Å². The van der Waals surface area contributed by atoms with Gasteiger partial charge in [-0.3, -0.25) is 10.1 Å². The molecule has 0 saturated carbocycles. The highest BCUT2D eigenvalue weighted by Crippen LogP contribution is 2.36. The molecule has 2 N–H and O–H groups in total. The van der Waals surface area contributed by atoms with Crippen LogP contribution in [0.5, 0.6) is 11.5 Å². The third-order valence-corrected chi connectivity index (χ3v) is 1.94. The molecule has 1 aromatic carbocycles. The number of hydrogen-bond donors (Lipinski definition) is 2. The number of phenolic OH excluding ortho intramolecular Hbond substituents is 1. The zero-order valence-corrected chi connectivity index (χ0v) is 8.88. The Balaban J connectivity index is 3.23. The Morgan fingerprint density at radius 1 is 1.56 bits per heavy atom. The van der Waals surface area contributed by atoms with Crippen molar-refractivity contribution in [3.8, 4) is 11.5 Å². The first kappa shape index (κ1) is 12.2. The maximum atomic E-state index is 10.6. The number of nitro groups is 1. The number of ether oxygens (including phenoxy) is 1. The lowest BCUT2D eigenvalue weighted by Gasteiger charge is -2.10. The van der Waals surface area contributed by atoms with Crippen molar-refractivity contribution in [1.29, 1.82) is 0 Å². The highest BCUT2D eigenvalue weighted by molar-refractivity contribution is 5.57. The Kier molecular flexibility index (Phi) is 3.64. The number of benzene rings is 1. The minimum atomic E-state index is -0.710. The molecule has 0 fully saturated rings. The Labute approximate surface area is 91.6 Å². The van der Waals surface area contributed by atoms with Crippen LogP contribution in [0.1, 0.15) is 5.56 Å². The molecule has 0 saturated heterocycles. The highest BCUT2D eigenvalue weighted by Gasteiger charge is 2.19. The topological polar surface area (TPSA) is 96.1 Å². The van der Waals surface area contributed by atoms with Gasteiger partial charge >= 0.3 is 5.69 Å². The molecule has 0 aromatic heterocycles.